The molecule has 0 fully saturated rings. The lowest BCUT2D eigenvalue weighted by Crippen LogP contribution is -2.01. The van der Waals surface area contributed by atoms with Gasteiger partial charge in [0.25, 0.3) is 0 Å². The summed E-state index contributed by atoms with van der Waals surface area (Å²) in [5, 5.41) is 24.0. The van der Waals surface area contributed by atoms with Gasteiger partial charge in [0.15, 0.2) is 6.26 Å². The first-order valence-electron chi connectivity index (χ1n) is 2.47. The standard InChI is InChI=1S/C5H3NO6/c6-1-3(12-5(9)10)2-11-4(7)8/h2H,(H,7,8)(H,9,10)/b3-2+. The summed E-state index contributed by atoms with van der Waals surface area (Å²) in [6.45, 7) is 0. The molecule has 0 radical (unpaired) electrons. The minimum Gasteiger partial charge on any atom is -0.449 e. The maximum absolute atomic E-state index is 9.80. The third-order valence-corrected chi connectivity index (χ3v) is 0.574. The quantitative estimate of drug-likeness (QED) is 0.359. The van der Waals surface area contributed by atoms with Crippen LogP contribution in [0.15, 0.2) is 12.0 Å². The Kier molecular flexibility index (Phi) is 3.72. The molecule has 0 aliphatic carbocycles. The highest BCUT2D eigenvalue weighted by Crippen LogP contribution is 1.96. The first-order valence-corrected chi connectivity index (χ1v) is 2.47. The van der Waals surface area contributed by atoms with Crippen molar-refractivity contribution in [2.75, 3.05) is 0 Å². The van der Waals surface area contributed by atoms with Gasteiger partial charge in [0.2, 0.25) is 5.76 Å². The third-order valence-electron chi connectivity index (χ3n) is 0.574. The molecule has 0 aliphatic rings. The summed E-state index contributed by atoms with van der Waals surface area (Å²) in [4.78, 5) is 19.5. The second-order valence-corrected chi connectivity index (χ2v) is 1.35. The highest BCUT2D eigenvalue weighted by molar-refractivity contribution is 5.60. The fourth-order valence-corrected chi connectivity index (χ4v) is 0.271. The molecule has 0 spiro atoms. The van der Waals surface area contributed by atoms with E-state index in [0.29, 0.717) is 6.26 Å². The van der Waals surface area contributed by atoms with Crippen LogP contribution in [0.5, 0.6) is 0 Å². The zero-order valence-corrected chi connectivity index (χ0v) is 5.55. The van der Waals surface area contributed by atoms with E-state index in [9.17, 15) is 9.59 Å². The van der Waals surface area contributed by atoms with Crippen LogP contribution in [-0.2, 0) is 9.47 Å². The van der Waals surface area contributed by atoms with Crippen LogP contribution in [0.2, 0.25) is 0 Å². The fraction of sp³-hybridized carbons (Fsp3) is 0. The van der Waals surface area contributed by atoms with Crippen molar-refractivity contribution in [1.29, 1.82) is 5.26 Å². The van der Waals surface area contributed by atoms with Crippen LogP contribution in [0, 0.1) is 11.3 Å². The number of carboxylic acid groups (broad SMARTS) is 2. The minimum absolute atomic E-state index is 0.371. The van der Waals surface area contributed by atoms with Gasteiger partial charge in [-0.2, -0.15) is 5.26 Å². The summed E-state index contributed by atoms with van der Waals surface area (Å²) in [5.41, 5.74) is 0. The lowest BCUT2D eigenvalue weighted by atomic mass is 10.6. The predicted octanol–water partition coefficient (Wildman–Crippen LogP) is 0.741. The van der Waals surface area contributed by atoms with Crippen molar-refractivity contribution in [1.82, 2.24) is 0 Å². The number of hydrogen-bond donors (Lipinski definition) is 2. The molecule has 0 rings (SSSR count). The first-order chi connectivity index (χ1) is 5.56. The van der Waals surface area contributed by atoms with Crippen molar-refractivity contribution in [2.24, 2.45) is 0 Å². The molecule has 0 saturated carbocycles. The van der Waals surface area contributed by atoms with E-state index in [1.54, 1.807) is 0 Å². The molecule has 0 aromatic rings. The number of nitrogens with zero attached hydrogens (tertiary/aromatic N) is 1. The van der Waals surface area contributed by atoms with Crippen molar-refractivity contribution < 1.29 is 29.3 Å². The van der Waals surface area contributed by atoms with E-state index in [1.807, 2.05) is 0 Å². The van der Waals surface area contributed by atoms with Crippen molar-refractivity contribution >= 4 is 12.3 Å². The highest BCUT2D eigenvalue weighted by Gasteiger charge is 2.04. The van der Waals surface area contributed by atoms with Crippen molar-refractivity contribution in [3.05, 3.63) is 12.0 Å². The van der Waals surface area contributed by atoms with E-state index in [0.717, 1.165) is 0 Å². The lowest BCUT2D eigenvalue weighted by molar-refractivity contribution is 0.109. The van der Waals surface area contributed by atoms with E-state index < -0.39 is 18.1 Å². The zero-order chi connectivity index (χ0) is 9.56. The fourth-order valence-electron chi connectivity index (χ4n) is 0.271. The van der Waals surface area contributed by atoms with Gasteiger partial charge in [-0.05, 0) is 0 Å². The molecule has 0 aromatic heterocycles. The molecule has 0 bridgehead atoms. The Morgan fingerprint density at radius 3 is 2.25 bits per heavy atom. The topological polar surface area (TPSA) is 117 Å². The molecular formula is C5H3NO6. The van der Waals surface area contributed by atoms with Crippen LogP contribution in [-0.4, -0.2) is 22.5 Å². The number of nitriles is 1. The van der Waals surface area contributed by atoms with Crippen LogP contribution >= 0.6 is 0 Å². The zero-order valence-electron chi connectivity index (χ0n) is 5.55. The van der Waals surface area contributed by atoms with Crippen molar-refractivity contribution in [3.8, 4) is 6.07 Å². The Hall–Kier alpha value is -2.23. The van der Waals surface area contributed by atoms with E-state index in [2.05, 4.69) is 9.47 Å². The number of carbonyl (C=O) groups is 2. The van der Waals surface area contributed by atoms with Gasteiger partial charge in [-0.3, -0.25) is 0 Å². The lowest BCUT2D eigenvalue weighted by Gasteiger charge is -1.94. The summed E-state index contributed by atoms with van der Waals surface area (Å²) in [5.74, 6) is -0.759. The average molecular weight is 173 g/mol. The molecule has 0 saturated heterocycles. The summed E-state index contributed by atoms with van der Waals surface area (Å²) < 4.78 is 7.52. The van der Waals surface area contributed by atoms with E-state index in [1.165, 1.54) is 6.07 Å². The molecule has 0 aromatic carbocycles. The molecule has 0 unspecified atom stereocenters. The van der Waals surface area contributed by atoms with Gasteiger partial charge in [0, 0.05) is 0 Å². The van der Waals surface area contributed by atoms with Gasteiger partial charge in [-0.25, -0.2) is 9.59 Å². The van der Waals surface area contributed by atoms with E-state index in [4.69, 9.17) is 15.5 Å². The molecule has 12 heavy (non-hydrogen) atoms. The SMILES string of the molecule is N#C/C(=C\OC(=O)O)OC(=O)O. The van der Waals surface area contributed by atoms with Crippen LogP contribution in [0.4, 0.5) is 9.59 Å². The van der Waals surface area contributed by atoms with E-state index in [-0.39, 0.29) is 0 Å². The van der Waals surface area contributed by atoms with Crippen LogP contribution < -0.4 is 0 Å². The van der Waals surface area contributed by atoms with Crippen molar-refractivity contribution in [2.45, 2.75) is 0 Å². The van der Waals surface area contributed by atoms with Gasteiger partial charge in [0.1, 0.15) is 6.07 Å². The number of allylic oxidation sites excluding steroid dienone is 1. The molecule has 64 valence electrons. The van der Waals surface area contributed by atoms with Gasteiger partial charge < -0.3 is 19.7 Å². The summed E-state index contributed by atoms with van der Waals surface area (Å²) in [6, 6.07) is 1.26. The Morgan fingerprint density at radius 2 is 1.92 bits per heavy atom. The Balaban J connectivity index is 4.16. The molecule has 0 aliphatic heterocycles. The maximum Gasteiger partial charge on any atom is 0.512 e. The third kappa shape index (κ3) is 4.63. The Morgan fingerprint density at radius 1 is 1.33 bits per heavy atom. The van der Waals surface area contributed by atoms with Gasteiger partial charge in [0.05, 0.1) is 0 Å². The largest absolute Gasteiger partial charge is 0.512 e. The number of ether oxygens (including phenoxy) is 2. The number of hydrogen-bond acceptors (Lipinski definition) is 5. The molecule has 2 N–H and O–H groups in total. The second-order valence-electron chi connectivity index (χ2n) is 1.35. The van der Waals surface area contributed by atoms with E-state index >= 15 is 0 Å². The van der Waals surface area contributed by atoms with Crippen molar-refractivity contribution in [3.63, 3.8) is 0 Å². The predicted molar refractivity (Wildman–Crippen MR) is 31.9 cm³/mol. The summed E-state index contributed by atoms with van der Waals surface area (Å²) in [7, 11) is 0. The minimum atomic E-state index is -1.73. The number of rotatable bonds is 2. The molecule has 0 heterocycles. The smallest absolute Gasteiger partial charge is 0.449 e. The Bertz CT molecular complexity index is 262. The summed E-state index contributed by atoms with van der Waals surface area (Å²) in [6.07, 6.45) is -3.02. The van der Waals surface area contributed by atoms with Gasteiger partial charge in [-0.1, -0.05) is 0 Å². The van der Waals surface area contributed by atoms with Crippen LogP contribution in [0.1, 0.15) is 0 Å². The normalized spacial score (nSPS) is 9.75. The van der Waals surface area contributed by atoms with Crippen LogP contribution in [0.3, 0.4) is 0 Å². The molecule has 7 nitrogen and oxygen atoms in total. The van der Waals surface area contributed by atoms with Gasteiger partial charge >= 0.3 is 12.3 Å². The molecular weight excluding hydrogens is 170 g/mol. The molecule has 0 atom stereocenters. The highest BCUT2D eigenvalue weighted by atomic mass is 16.7. The monoisotopic (exact) mass is 173 g/mol. The van der Waals surface area contributed by atoms with Crippen LogP contribution in [0.25, 0.3) is 0 Å². The summed E-state index contributed by atoms with van der Waals surface area (Å²) >= 11 is 0. The molecule has 0 amide bonds. The average Bonchev–Trinajstić information content (AvgIpc) is 1.97. The second kappa shape index (κ2) is 4.56. The first kappa shape index (κ1) is 9.77. The molecule has 7 heteroatoms. The maximum atomic E-state index is 9.80. The van der Waals surface area contributed by atoms with Gasteiger partial charge in [-0.15, -0.1) is 0 Å². The Labute approximate surface area is 66.0 Å².